The third-order valence-electron chi connectivity index (χ3n) is 3.75. The van der Waals surface area contributed by atoms with Gasteiger partial charge in [-0.2, -0.15) is 0 Å². The predicted molar refractivity (Wildman–Crippen MR) is 94.5 cm³/mol. The number of hydrogen-bond donors (Lipinski definition) is 3. The Bertz CT molecular complexity index is 771. The molecule has 1 aromatic rings. The normalized spacial score (nSPS) is 20.4. The van der Waals surface area contributed by atoms with Crippen LogP contribution in [0.5, 0.6) is 5.75 Å². The third-order valence-corrected chi connectivity index (χ3v) is 4.89. The number of carbonyl (C=O) groups is 1. The van der Waals surface area contributed by atoms with Crippen molar-refractivity contribution in [1.29, 1.82) is 0 Å². The molecule has 136 valence electrons. The zero-order valence-corrected chi connectivity index (χ0v) is 14.7. The van der Waals surface area contributed by atoms with E-state index in [1.807, 2.05) is 13.0 Å². The standard InChI is InChI=1S/C17H22N2O5S/c1-2-3-9-19-14-10-12(17(20)21)11-15(25(18,22)23)16(14)24-13-7-5-4-6-8-13/h4-8,10-11,15-16,19H,2-3,9H2,1H3,(H,20,21)(H2,18,22,23). The molecule has 1 aromatic carbocycles. The summed E-state index contributed by atoms with van der Waals surface area (Å²) in [7, 11) is -4.07. The molecule has 4 N–H and O–H groups in total. The second-order valence-corrected chi connectivity index (χ2v) is 7.43. The summed E-state index contributed by atoms with van der Waals surface area (Å²) in [4.78, 5) is 11.4. The Morgan fingerprint density at radius 1 is 1.32 bits per heavy atom. The summed E-state index contributed by atoms with van der Waals surface area (Å²) in [5, 5.41) is 16.4. The number of carboxylic acid groups (broad SMARTS) is 1. The number of para-hydroxylation sites is 1. The summed E-state index contributed by atoms with van der Waals surface area (Å²) >= 11 is 0. The Morgan fingerprint density at radius 2 is 2.00 bits per heavy atom. The number of sulfonamides is 1. The first kappa shape index (κ1) is 19.0. The fourth-order valence-electron chi connectivity index (χ4n) is 2.48. The molecule has 2 rings (SSSR count). The van der Waals surface area contributed by atoms with Crippen LogP contribution < -0.4 is 15.2 Å². The van der Waals surface area contributed by atoms with E-state index in [9.17, 15) is 18.3 Å². The molecule has 0 saturated heterocycles. The monoisotopic (exact) mass is 366 g/mol. The molecular weight excluding hydrogens is 344 g/mol. The van der Waals surface area contributed by atoms with E-state index in [4.69, 9.17) is 9.88 Å². The number of nitrogens with one attached hydrogen (secondary N) is 1. The highest BCUT2D eigenvalue weighted by Crippen LogP contribution is 2.26. The van der Waals surface area contributed by atoms with Gasteiger partial charge in [-0.15, -0.1) is 0 Å². The quantitative estimate of drug-likeness (QED) is 0.598. The molecule has 0 aliphatic heterocycles. The van der Waals surface area contributed by atoms with Crippen molar-refractivity contribution in [3.63, 3.8) is 0 Å². The Kier molecular flexibility index (Phi) is 6.22. The summed E-state index contributed by atoms with van der Waals surface area (Å²) in [5.74, 6) is -0.752. The molecule has 0 fully saturated rings. The Balaban J connectivity index is 2.40. The first-order valence-electron chi connectivity index (χ1n) is 7.97. The number of unbranched alkanes of at least 4 members (excludes halogenated alkanes) is 1. The molecule has 1 aliphatic rings. The van der Waals surface area contributed by atoms with Crippen LogP contribution in [0.25, 0.3) is 0 Å². The fraction of sp³-hybridized carbons (Fsp3) is 0.353. The van der Waals surface area contributed by atoms with Gasteiger partial charge in [-0.05, 0) is 30.7 Å². The van der Waals surface area contributed by atoms with Crippen molar-refractivity contribution in [3.8, 4) is 5.75 Å². The molecule has 7 nitrogen and oxygen atoms in total. The van der Waals surface area contributed by atoms with Crippen LogP contribution in [-0.4, -0.2) is 37.4 Å². The molecule has 1 aliphatic carbocycles. The van der Waals surface area contributed by atoms with E-state index in [-0.39, 0.29) is 5.57 Å². The van der Waals surface area contributed by atoms with Crippen molar-refractivity contribution < 1.29 is 23.1 Å². The molecule has 2 atom stereocenters. The number of aliphatic carboxylic acids is 1. The average Bonchev–Trinajstić information content (AvgIpc) is 2.56. The molecule has 0 amide bonds. The summed E-state index contributed by atoms with van der Waals surface area (Å²) in [6.07, 6.45) is 3.35. The van der Waals surface area contributed by atoms with E-state index >= 15 is 0 Å². The smallest absolute Gasteiger partial charge is 0.335 e. The van der Waals surface area contributed by atoms with Gasteiger partial charge in [0.1, 0.15) is 11.0 Å². The molecule has 0 saturated carbocycles. The van der Waals surface area contributed by atoms with E-state index in [1.165, 1.54) is 6.08 Å². The van der Waals surface area contributed by atoms with Crippen molar-refractivity contribution in [1.82, 2.24) is 5.32 Å². The average molecular weight is 366 g/mol. The van der Waals surface area contributed by atoms with E-state index in [0.29, 0.717) is 18.0 Å². The second-order valence-electron chi connectivity index (χ2n) is 5.71. The highest BCUT2D eigenvalue weighted by molar-refractivity contribution is 7.90. The van der Waals surface area contributed by atoms with Crippen molar-refractivity contribution in [3.05, 3.63) is 53.8 Å². The SMILES string of the molecule is CCCCNC1=CC(C(=O)O)=CC(S(N)(=O)=O)C1Oc1ccccc1. The molecular formula is C17H22N2O5S. The Labute approximate surface area is 147 Å². The Hall–Kier alpha value is -2.32. The molecule has 25 heavy (non-hydrogen) atoms. The minimum absolute atomic E-state index is 0.133. The van der Waals surface area contributed by atoms with Crippen LogP contribution in [0.1, 0.15) is 19.8 Å². The topological polar surface area (TPSA) is 119 Å². The van der Waals surface area contributed by atoms with Crippen LogP contribution in [0.3, 0.4) is 0 Å². The molecule has 0 bridgehead atoms. The number of carboxylic acids is 1. The van der Waals surface area contributed by atoms with E-state index in [2.05, 4.69) is 5.32 Å². The lowest BCUT2D eigenvalue weighted by Crippen LogP contribution is -2.47. The first-order valence-corrected chi connectivity index (χ1v) is 9.57. The summed E-state index contributed by atoms with van der Waals surface area (Å²) in [6.45, 7) is 2.59. The van der Waals surface area contributed by atoms with E-state index in [1.54, 1.807) is 24.3 Å². The van der Waals surface area contributed by atoms with Gasteiger partial charge in [0.15, 0.2) is 6.10 Å². The summed E-state index contributed by atoms with van der Waals surface area (Å²) < 4.78 is 29.9. The molecule has 0 spiro atoms. The number of primary sulfonamides is 1. The lowest BCUT2D eigenvalue weighted by atomic mass is 10.0. The van der Waals surface area contributed by atoms with E-state index in [0.717, 1.165) is 18.9 Å². The highest BCUT2D eigenvalue weighted by atomic mass is 32.2. The highest BCUT2D eigenvalue weighted by Gasteiger charge is 2.38. The van der Waals surface area contributed by atoms with Crippen LogP contribution in [0.4, 0.5) is 0 Å². The molecule has 0 heterocycles. The van der Waals surface area contributed by atoms with Crippen LogP contribution >= 0.6 is 0 Å². The molecule has 0 radical (unpaired) electrons. The summed E-state index contributed by atoms with van der Waals surface area (Å²) in [5.41, 5.74) is 0.252. The number of benzene rings is 1. The predicted octanol–water partition coefficient (Wildman–Crippen LogP) is 1.39. The zero-order chi connectivity index (χ0) is 18.4. The van der Waals surface area contributed by atoms with Gasteiger partial charge in [-0.1, -0.05) is 31.5 Å². The van der Waals surface area contributed by atoms with Crippen molar-refractivity contribution in [2.45, 2.75) is 31.1 Å². The van der Waals surface area contributed by atoms with Gasteiger partial charge in [-0.25, -0.2) is 18.4 Å². The van der Waals surface area contributed by atoms with Crippen LogP contribution in [0, 0.1) is 0 Å². The molecule has 8 heteroatoms. The number of rotatable bonds is 8. The fourth-order valence-corrected chi connectivity index (χ4v) is 3.36. The molecule has 0 aromatic heterocycles. The lowest BCUT2D eigenvalue weighted by Gasteiger charge is -2.30. The number of ether oxygens (including phenoxy) is 1. The van der Waals surface area contributed by atoms with Gasteiger partial charge >= 0.3 is 5.97 Å². The van der Waals surface area contributed by atoms with E-state index < -0.39 is 27.3 Å². The van der Waals surface area contributed by atoms with Crippen LogP contribution in [-0.2, 0) is 14.8 Å². The molecule has 2 unspecified atom stereocenters. The first-order chi connectivity index (χ1) is 11.8. The van der Waals surface area contributed by atoms with Gasteiger partial charge in [-0.3, -0.25) is 0 Å². The maximum absolute atomic E-state index is 12.0. The lowest BCUT2D eigenvalue weighted by molar-refractivity contribution is -0.132. The van der Waals surface area contributed by atoms with Gasteiger partial charge in [0, 0.05) is 6.54 Å². The van der Waals surface area contributed by atoms with Gasteiger partial charge in [0.2, 0.25) is 10.0 Å². The van der Waals surface area contributed by atoms with Gasteiger partial charge in [0.05, 0.1) is 11.3 Å². The van der Waals surface area contributed by atoms with Crippen molar-refractivity contribution >= 4 is 16.0 Å². The van der Waals surface area contributed by atoms with Crippen molar-refractivity contribution in [2.24, 2.45) is 5.14 Å². The van der Waals surface area contributed by atoms with Gasteiger partial charge in [0.25, 0.3) is 0 Å². The maximum Gasteiger partial charge on any atom is 0.335 e. The van der Waals surface area contributed by atoms with Crippen LogP contribution in [0.2, 0.25) is 0 Å². The van der Waals surface area contributed by atoms with Crippen LogP contribution in [0.15, 0.2) is 53.8 Å². The second kappa shape index (κ2) is 8.17. The maximum atomic E-state index is 12.0. The minimum Gasteiger partial charge on any atom is -0.482 e. The summed E-state index contributed by atoms with van der Waals surface area (Å²) in [6, 6.07) is 8.72. The zero-order valence-electron chi connectivity index (χ0n) is 13.9. The van der Waals surface area contributed by atoms with Gasteiger partial charge < -0.3 is 15.2 Å². The number of hydrogen-bond acceptors (Lipinski definition) is 5. The Morgan fingerprint density at radius 3 is 2.56 bits per heavy atom. The number of nitrogens with two attached hydrogens (primary N) is 1. The minimum atomic E-state index is -4.07. The largest absolute Gasteiger partial charge is 0.482 e. The van der Waals surface area contributed by atoms with Crippen molar-refractivity contribution in [2.75, 3.05) is 6.54 Å². The third kappa shape index (κ3) is 5.07.